The van der Waals surface area contributed by atoms with Crippen molar-refractivity contribution in [2.24, 2.45) is 5.41 Å². The Kier molecular flexibility index (Phi) is 6.40. The third-order valence-corrected chi connectivity index (χ3v) is 6.41. The van der Waals surface area contributed by atoms with Crippen LogP contribution in [0.3, 0.4) is 0 Å². The summed E-state index contributed by atoms with van der Waals surface area (Å²) in [6.07, 6.45) is 0.937. The topological polar surface area (TPSA) is 76.7 Å². The summed E-state index contributed by atoms with van der Waals surface area (Å²) in [7, 11) is 3.00. The molecule has 2 N–H and O–H groups in total. The minimum absolute atomic E-state index is 0.0793. The van der Waals surface area contributed by atoms with Crippen LogP contribution in [0.1, 0.15) is 45.1 Å². The average Bonchev–Trinajstić information content (AvgIpc) is 2.78. The van der Waals surface area contributed by atoms with Crippen molar-refractivity contribution in [3.8, 4) is 11.5 Å². The number of methoxy groups -OCH3 is 2. The molecule has 2 aromatic rings. The van der Waals surface area contributed by atoms with Gasteiger partial charge in [0.1, 0.15) is 11.6 Å². The summed E-state index contributed by atoms with van der Waals surface area (Å²) in [6, 6.07) is 8.21. The summed E-state index contributed by atoms with van der Waals surface area (Å²) < 4.78 is 38.9. The van der Waals surface area contributed by atoms with Gasteiger partial charge in [0.15, 0.2) is 17.3 Å². The molecule has 0 fully saturated rings. The number of nitrogens with one attached hydrogen (secondary N) is 2. The van der Waals surface area contributed by atoms with E-state index >= 15 is 0 Å². The fraction of sp³-hybridized carbons (Fsp3) is 0.333. The monoisotopic (exact) mass is 482 g/mol. The van der Waals surface area contributed by atoms with Gasteiger partial charge in [-0.3, -0.25) is 9.59 Å². The van der Waals surface area contributed by atoms with Crippen LogP contribution in [0.4, 0.5) is 14.5 Å². The zero-order chi connectivity index (χ0) is 25.5. The molecule has 184 valence electrons. The van der Waals surface area contributed by atoms with E-state index in [1.165, 1.54) is 14.2 Å². The van der Waals surface area contributed by atoms with Crippen molar-refractivity contribution in [2.45, 2.75) is 39.5 Å². The smallest absolute Gasteiger partial charge is 0.254 e. The number of ether oxygens (including phenoxy) is 2. The number of carbonyl (C=O) groups is 2. The Hall–Kier alpha value is -3.68. The van der Waals surface area contributed by atoms with Gasteiger partial charge in [-0.1, -0.05) is 26.0 Å². The molecule has 2 aliphatic rings. The van der Waals surface area contributed by atoms with E-state index in [0.717, 1.165) is 17.8 Å². The zero-order valence-corrected chi connectivity index (χ0v) is 20.3. The number of Topliss-reactive ketones (excluding diaryl/α,β-unsaturated/α-hetero) is 1. The Balaban J connectivity index is 1.88. The predicted molar refractivity (Wildman–Crippen MR) is 128 cm³/mol. The first kappa shape index (κ1) is 24.4. The molecule has 0 spiro atoms. The van der Waals surface area contributed by atoms with Crippen LogP contribution in [0.15, 0.2) is 58.9 Å². The Morgan fingerprint density at radius 1 is 1.11 bits per heavy atom. The van der Waals surface area contributed by atoms with Gasteiger partial charge in [-0.15, -0.1) is 0 Å². The minimum atomic E-state index is -0.897. The lowest BCUT2D eigenvalue weighted by Crippen LogP contribution is -2.39. The molecule has 2 aromatic carbocycles. The van der Waals surface area contributed by atoms with Gasteiger partial charge in [-0.2, -0.15) is 0 Å². The standard InChI is InChI=1S/C27H28F2N2O4/c1-14-22(26(33)31-18-10-9-15(28)11-17(18)29)23(16-7-6-8-21(34-4)25(16)35-5)24-19(30-14)12-27(2,3)13-20(24)32/h6-11,23,30H,12-13H2,1-5H3,(H,31,33). The Bertz CT molecular complexity index is 1280. The first-order chi connectivity index (χ1) is 16.6. The van der Waals surface area contributed by atoms with E-state index in [1.807, 2.05) is 13.8 Å². The zero-order valence-electron chi connectivity index (χ0n) is 20.3. The number of hydrogen-bond acceptors (Lipinski definition) is 5. The number of carbonyl (C=O) groups excluding carboxylic acids is 2. The molecule has 1 amide bonds. The molecular weight excluding hydrogens is 454 g/mol. The molecule has 0 radical (unpaired) electrons. The van der Waals surface area contributed by atoms with Crippen molar-refractivity contribution in [3.63, 3.8) is 0 Å². The molecule has 1 aliphatic heterocycles. The lowest BCUT2D eigenvalue weighted by Gasteiger charge is -2.40. The van der Waals surface area contributed by atoms with E-state index in [2.05, 4.69) is 10.6 Å². The maximum Gasteiger partial charge on any atom is 0.254 e. The quantitative estimate of drug-likeness (QED) is 0.611. The molecule has 0 aromatic heterocycles. The summed E-state index contributed by atoms with van der Waals surface area (Å²) in [5.74, 6) is -2.26. The Morgan fingerprint density at radius 3 is 2.51 bits per heavy atom. The Labute approximate surface area is 203 Å². The number of halogens is 2. The van der Waals surface area contributed by atoms with Crippen molar-refractivity contribution in [2.75, 3.05) is 19.5 Å². The molecule has 0 bridgehead atoms. The van der Waals surface area contributed by atoms with E-state index in [4.69, 9.17) is 9.47 Å². The van der Waals surface area contributed by atoms with Gasteiger partial charge in [0.2, 0.25) is 0 Å². The molecule has 1 aliphatic carbocycles. The van der Waals surface area contributed by atoms with Gasteiger partial charge < -0.3 is 20.1 Å². The second kappa shape index (κ2) is 9.17. The molecule has 4 rings (SSSR count). The number of benzene rings is 2. The van der Waals surface area contributed by atoms with Crippen LogP contribution >= 0.6 is 0 Å². The van der Waals surface area contributed by atoms with E-state index in [0.29, 0.717) is 47.2 Å². The SMILES string of the molecule is COc1cccc(C2C(C(=O)Nc3ccc(F)cc3F)=C(C)NC3=C2C(=O)CC(C)(C)C3)c1OC. The minimum Gasteiger partial charge on any atom is -0.493 e. The number of rotatable bonds is 5. The van der Waals surface area contributed by atoms with Crippen molar-refractivity contribution < 1.29 is 27.8 Å². The second-order valence-electron chi connectivity index (χ2n) is 9.59. The highest BCUT2D eigenvalue weighted by molar-refractivity contribution is 6.10. The van der Waals surface area contributed by atoms with Crippen molar-refractivity contribution in [3.05, 3.63) is 76.1 Å². The number of dihydropyridines is 1. The van der Waals surface area contributed by atoms with Crippen molar-refractivity contribution in [1.29, 1.82) is 0 Å². The number of para-hydroxylation sites is 1. The molecule has 6 nitrogen and oxygen atoms in total. The maximum absolute atomic E-state index is 14.3. The summed E-state index contributed by atoms with van der Waals surface area (Å²) in [5.41, 5.74) is 2.18. The van der Waals surface area contributed by atoms with Gasteiger partial charge >= 0.3 is 0 Å². The number of ketones is 1. The molecular formula is C27H28F2N2O4. The van der Waals surface area contributed by atoms with Gasteiger partial charge in [-0.25, -0.2) is 8.78 Å². The lowest BCUT2D eigenvalue weighted by atomic mass is 9.68. The molecule has 8 heteroatoms. The van der Waals surface area contributed by atoms with Crippen molar-refractivity contribution >= 4 is 17.4 Å². The first-order valence-electron chi connectivity index (χ1n) is 11.3. The number of amides is 1. The summed E-state index contributed by atoms with van der Waals surface area (Å²) in [6.45, 7) is 5.79. The van der Waals surface area contributed by atoms with Gasteiger partial charge in [0.25, 0.3) is 5.91 Å². The first-order valence-corrected chi connectivity index (χ1v) is 11.3. The third-order valence-electron chi connectivity index (χ3n) is 6.41. The summed E-state index contributed by atoms with van der Waals surface area (Å²) in [5, 5.41) is 5.81. The lowest BCUT2D eigenvalue weighted by molar-refractivity contribution is -0.118. The van der Waals surface area contributed by atoms with Crippen molar-refractivity contribution in [1.82, 2.24) is 5.32 Å². The fourth-order valence-electron chi connectivity index (χ4n) is 4.97. The largest absolute Gasteiger partial charge is 0.493 e. The van der Waals surface area contributed by atoms with E-state index < -0.39 is 23.5 Å². The highest BCUT2D eigenvalue weighted by Crippen LogP contribution is 2.50. The van der Waals surface area contributed by atoms with Gasteiger partial charge in [0.05, 0.1) is 25.8 Å². The number of anilines is 1. The third kappa shape index (κ3) is 4.52. The fourth-order valence-corrected chi connectivity index (χ4v) is 4.97. The van der Waals surface area contributed by atoms with E-state index in [-0.39, 0.29) is 22.5 Å². The highest BCUT2D eigenvalue weighted by atomic mass is 19.1. The second-order valence-corrected chi connectivity index (χ2v) is 9.59. The van der Waals surface area contributed by atoms with Crippen LogP contribution < -0.4 is 20.1 Å². The molecule has 0 saturated carbocycles. The normalized spacial score (nSPS) is 19.2. The van der Waals surface area contributed by atoms with Crippen LogP contribution in [0.5, 0.6) is 11.5 Å². The number of allylic oxidation sites excluding steroid dienone is 3. The molecule has 35 heavy (non-hydrogen) atoms. The summed E-state index contributed by atoms with van der Waals surface area (Å²) >= 11 is 0. The maximum atomic E-state index is 14.3. The van der Waals surface area contributed by atoms with Crippen LogP contribution in [-0.2, 0) is 9.59 Å². The Morgan fingerprint density at radius 2 is 1.86 bits per heavy atom. The van der Waals surface area contributed by atoms with Gasteiger partial charge in [-0.05, 0) is 37.0 Å². The molecule has 1 atom stereocenters. The van der Waals surface area contributed by atoms with Crippen LogP contribution in [0.2, 0.25) is 0 Å². The average molecular weight is 483 g/mol. The van der Waals surface area contributed by atoms with Crippen LogP contribution in [0, 0.1) is 17.0 Å². The highest BCUT2D eigenvalue weighted by Gasteiger charge is 2.44. The predicted octanol–water partition coefficient (Wildman–Crippen LogP) is 5.22. The number of hydrogen-bond donors (Lipinski definition) is 2. The summed E-state index contributed by atoms with van der Waals surface area (Å²) in [4.78, 5) is 27.1. The van der Waals surface area contributed by atoms with E-state index in [9.17, 15) is 18.4 Å². The van der Waals surface area contributed by atoms with Gasteiger partial charge in [0, 0.05) is 40.6 Å². The molecule has 1 unspecified atom stereocenters. The van der Waals surface area contributed by atoms with Crippen LogP contribution in [0.25, 0.3) is 0 Å². The van der Waals surface area contributed by atoms with Crippen LogP contribution in [-0.4, -0.2) is 25.9 Å². The molecule has 0 saturated heterocycles. The molecule has 1 heterocycles. The van der Waals surface area contributed by atoms with E-state index in [1.54, 1.807) is 25.1 Å².